The van der Waals surface area contributed by atoms with Crippen LogP contribution in [0.3, 0.4) is 0 Å². The van der Waals surface area contributed by atoms with E-state index in [2.05, 4.69) is 11.8 Å². The first-order valence-corrected chi connectivity index (χ1v) is 5.21. The van der Waals surface area contributed by atoms with Gasteiger partial charge < -0.3 is 5.11 Å². The predicted molar refractivity (Wildman–Crippen MR) is 59.8 cm³/mol. The van der Waals surface area contributed by atoms with E-state index in [4.69, 9.17) is 11.6 Å². The number of hydrogen-bond acceptors (Lipinski definition) is 2. The van der Waals surface area contributed by atoms with Crippen LogP contribution in [-0.2, 0) is 6.54 Å². The van der Waals surface area contributed by atoms with Crippen LogP contribution in [0.1, 0.15) is 12.5 Å². The van der Waals surface area contributed by atoms with Crippen LogP contribution >= 0.6 is 11.6 Å². The number of rotatable bonds is 4. The van der Waals surface area contributed by atoms with Crippen LogP contribution in [0.2, 0.25) is 0 Å². The molecule has 1 atom stereocenters. The number of benzene rings is 1. The third kappa shape index (κ3) is 3.20. The van der Waals surface area contributed by atoms with Crippen molar-refractivity contribution in [1.82, 2.24) is 4.90 Å². The van der Waals surface area contributed by atoms with E-state index in [1.807, 2.05) is 19.2 Å². The van der Waals surface area contributed by atoms with Crippen molar-refractivity contribution in [2.45, 2.75) is 19.5 Å². The first-order chi connectivity index (χ1) is 6.63. The number of aromatic hydroxyl groups is 1. The molecule has 0 fully saturated rings. The number of hydrogen-bond donors (Lipinski definition) is 1. The minimum Gasteiger partial charge on any atom is -0.508 e. The van der Waals surface area contributed by atoms with Crippen LogP contribution in [0.4, 0.5) is 0 Å². The molecule has 1 N–H and O–H groups in total. The topological polar surface area (TPSA) is 23.5 Å². The summed E-state index contributed by atoms with van der Waals surface area (Å²) in [5.41, 5.74) is 1.10. The molecule has 0 radical (unpaired) electrons. The van der Waals surface area contributed by atoms with Crippen molar-refractivity contribution in [3.8, 4) is 5.75 Å². The molecule has 0 aliphatic heterocycles. The van der Waals surface area contributed by atoms with Crippen molar-refractivity contribution in [2.75, 3.05) is 12.9 Å². The molecule has 3 heteroatoms. The van der Waals surface area contributed by atoms with Gasteiger partial charge in [-0.25, -0.2) is 0 Å². The summed E-state index contributed by atoms with van der Waals surface area (Å²) in [5.74, 6) is 0.935. The van der Waals surface area contributed by atoms with Crippen molar-refractivity contribution in [3.05, 3.63) is 29.8 Å². The lowest BCUT2D eigenvalue weighted by atomic mass is 10.2. The SMILES string of the molecule is CC(CCl)N(C)Cc1cccc(O)c1. The molecule has 0 saturated heterocycles. The van der Waals surface area contributed by atoms with Crippen LogP contribution in [0.25, 0.3) is 0 Å². The molecule has 0 saturated carbocycles. The molecule has 0 heterocycles. The summed E-state index contributed by atoms with van der Waals surface area (Å²) in [6.07, 6.45) is 0. The molecule has 78 valence electrons. The molecule has 1 unspecified atom stereocenters. The van der Waals surface area contributed by atoms with Gasteiger partial charge in [-0.15, -0.1) is 11.6 Å². The Morgan fingerprint density at radius 1 is 1.50 bits per heavy atom. The summed E-state index contributed by atoms with van der Waals surface area (Å²) in [6.45, 7) is 2.89. The number of phenols is 1. The van der Waals surface area contributed by atoms with Gasteiger partial charge in [0.25, 0.3) is 0 Å². The minimum absolute atomic E-state index is 0.314. The Bertz CT molecular complexity index is 290. The summed E-state index contributed by atoms with van der Waals surface area (Å²) in [5, 5.41) is 9.28. The van der Waals surface area contributed by atoms with Gasteiger partial charge in [0, 0.05) is 18.5 Å². The van der Waals surface area contributed by atoms with E-state index in [0.717, 1.165) is 12.1 Å². The van der Waals surface area contributed by atoms with Gasteiger partial charge in [-0.3, -0.25) is 4.90 Å². The number of phenolic OH excluding ortho intramolecular Hbond substituents is 1. The molecule has 0 aliphatic carbocycles. The van der Waals surface area contributed by atoms with E-state index in [1.165, 1.54) is 0 Å². The Labute approximate surface area is 90.1 Å². The van der Waals surface area contributed by atoms with Gasteiger partial charge in [0.05, 0.1) is 0 Å². The summed E-state index contributed by atoms with van der Waals surface area (Å²) in [7, 11) is 2.02. The first kappa shape index (κ1) is 11.3. The fourth-order valence-electron chi connectivity index (χ4n) is 1.22. The maximum Gasteiger partial charge on any atom is 0.115 e. The highest BCUT2D eigenvalue weighted by Gasteiger charge is 2.07. The lowest BCUT2D eigenvalue weighted by Gasteiger charge is -2.22. The molecule has 1 aromatic rings. The average molecular weight is 214 g/mol. The molecule has 0 bridgehead atoms. The molecular weight excluding hydrogens is 198 g/mol. The van der Waals surface area contributed by atoms with Crippen molar-refractivity contribution >= 4 is 11.6 Å². The Balaban J connectivity index is 2.60. The standard InChI is InChI=1S/C11H16ClNO/c1-9(7-12)13(2)8-10-4-3-5-11(14)6-10/h3-6,9,14H,7-8H2,1-2H3. The predicted octanol–water partition coefficient (Wildman–Crippen LogP) is 2.45. The summed E-state index contributed by atoms with van der Waals surface area (Å²) in [6, 6.07) is 7.64. The summed E-state index contributed by atoms with van der Waals surface area (Å²) in [4.78, 5) is 2.15. The summed E-state index contributed by atoms with van der Waals surface area (Å²) >= 11 is 5.75. The van der Waals surface area contributed by atoms with Gasteiger partial charge >= 0.3 is 0 Å². The Morgan fingerprint density at radius 2 is 2.21 bits per heavy atom. The quantitative estimate of drug-likeness (QED) is 0.777. The van der Waals surface area contributed by atoms with E-state index < -0.39 is 0 Å². The van der Waals surface area contributed by atoms with Crippen molar-refractivity contribution in [1.29, 1.82) is 0 Å². The largest absolute Gasteiger partial charge is 0.508 e. The first-order valence-electron chi connectivity index (χ1n) is 4.67. The van der Waals surface area contributed by atoms with Gasteiger partial charge in [-0.05, 0) is 31.7 Å². The van der Waals surface area contributed by atoms with Crippen LogP contribution in [0.5, 0.6) is 5.75 Å². The molecule has 14 heavy (non-hydrogen) atoms. The maximum absolute atomic E-state index is 9.28. The van der Waals surface area contributed by atoms with Crippen molar-refractivity contribution < 1.29 is 5.11 Å². The zero-order valence-electron chi connectivity index (χ0n) is 8.57. The van der Waals surface area contributed by atoms with E-state index in [-0.39, 0.29) is 0 Å². The molecule has 0 amide bonds. The fourth-order valence-corrected chi connectivity index (χ4v) is 1.45. The highest BCUT2D eigenvalue weighted by molar-refractivity contribution is 6.18. The zero-order chi connectivity index (χ0) is 10.6. The Hall–Kier alpha value is -0.730. The molecule has 0 aromatic heterocycles. The second kappa shape index (κ2) is 5.23. The smallest absolute Gasteiger partial charge is 0.115 e. The van der Waals surface area contributed by atoms with Crippen LogP contribution in [0.15, 0.2) is 24.3 Å². The molecule has 1 rings (SSSR count). The van der Waals surface area contributed by atoms with Crippen LogP contribution in [-0.4, -0.2) is 29.0 Å². The Kier molecular flexibility index (Phi) is 4.23. The van der Waals surface area contributed by atoms with Crippen LogP contribution in [0, 0.1) is 0 Å². The van der Waals surface area contributed by atoms with E-state index in [1.54, 1.807) is 12.1 Å². The second-order valence-electron chi connectivity index (χ2n) is 3.59. The number of halogens is 1. The molecule has 0 spiro atoms. The highest BCUT2D eigenvalue weighted by Crippen LogP contribution is 2.13. The van der Waals surface area contributed by atoms with Crippen molar-refractivity contribution in [2.24, 2.45) is 0 Å². The lowest BCUT2D eigenvalue weighted by molar-refractivity contribution is 0.268. The Morgan fingerprint density at radius 3 is 2.79 bits per heavy atom. The summed E-state index contributed by atoms with van der Waals surface area (Å²) < 4.78 is 0. The normalized spacial score (nSPS) is 13.1. The van der Waals surface area contributed by atoms with E-state index in [9.17, 15) is 5.11 Å². The van der Waals surface area contributed by atoms with Crippen molar-refractivity contribution in [3.63, 3.8) is 0 Å². The zero-order valence-corrected chi connectivity index (χ0v) is 9.33. The number of nitrogens with zero attached hydrogens (tertiary/aromatic N) is 1. The van der Waals surface area contributed by atoms with Gasteiger partial charge in [-0.1, -0.05) is 12.1 Å². The van der Waals surface area contributed by atoms with Gasteiger partial charge in [-0.2, -0.15) is 0 Å². The molecule has 2 nitrogen and oxygen atoms in total. The van der Waals surface area contributed by atoms with Gasteiger partial charge in [0.1, 0.15) is 5.75 Å². The minimum atomic E-state index is 0.314. The highest BCUT2D eigenvalue weighted by atomic mass is 35.5. The monoisotopic (exact) mass is 213 g/mol. The molecule has 1 aromatic carbocycles. The third-order valence-electron chi connectivity index (χ3n) is 2.32. The molecule has 0 aliphatic rings. The van der Waals surface area contributed by atoms with Crippen LogP contribution < -0.4 is 0 Å². The third-order valence-corrected chi connectivity index (χ3v) is 2.76. The number of alkyl halides is 1. The average Bonchev–Trinajstić information content (AvgIpc) is 2.16. The van der Waals surface area contributed by atoms with E-state index in [0.29, 0.717) is 17.7 Å². The van der Waals surface area contributed by atoms with Gasteiger partial charge in [0.15, 0.2) is 0 Å². The lowest BCUT2D eigenvalue weighted by Crippen LogP contribution is -2.29. The fraction of sp³-hybridized carbons (Fsp3) is 0.455. The maximum atomic E-state index is 9.28. The van der Waals surface area contributed by atoms with Gasteiger partial charge in [0.2, 0.25) is 0 Å². The van der Waals surface area contributed by atoms with E-state index >= 15 is 0 Å². The second-order valence-corrected chi connectivity index (χ2v) is 3.90. The molecular formula is C11H16ClNO.